The molecule has 119 heavy (non-hydrogen) atoms. The van der Waals surface area contributed by atoms with Crippen molar-refractivity contribution in [2.75, 3.05) is 13.2 Å². The molecule has 3 amide bonds. The molecule has 3 aromatic heterocycles. The molecule has 6 aliphatic rings. The molecule has 10 bridgehead atoms. The van der Waals surface area contributed by atoms with Crippen LogP contribution in [0.2, 0.25) is 0 Å². The Labute approximate surface area is 700 Å². The van der Waals surface area contributed by atoms with Gasteiger partial charge in [0.2, 0.25) is 17.7 Å². The minimum absolute atomic E-state index is 0.00600. The molecule has 14 rings (SSSR count). The molecule has 0 fully saturated rings. The normalized spacial score (nSPS) is 18.0. The maximum Gasteiger partial charge on any atom is 0.475 e. The van der Waals surface area contributed by atoms with E-state index in [2.05, 4.69) is 53.0 Å². The molecule has 0 saturated heterocycles. The number of carbonyl (C=O) groups excluding carboxylic acids is 8. The fourth-order valence-corrected chi connectivity index (χ4v) is 15.2. The van der Waals surface area contributed by atoms with Gasteiger partial charge in [0.05, 0.1) is 66.7 Å². The molecule has 0 saturated carbocycles. The van der Waals surface area contributed by atoms with E-state index in [1.54, 1.807) is 18.3 Å². The van der Waals surface area contributed by atoms with Gasteiger partial charge in [-0.25, -0.2) is 9.97 Å². The first-order valence-electron chi connectivity index (χ1n) is 42.5. The summed E-state index contributed by atoms with van der Waals surface area (Å²) in [5.41, 5.74) is 8.91. The van der Waals surface area contributed by atoms with Crippen molar-refractivity contribution >= 4 is 68.0 Å². The van der Waals surface area contributed by atoms with Gasteiger partial charge >= 0.3 is 21.4 Å². The molecule has 5 aromatic carbocycles. The molecule has 0 aliphatic carbocycles. The number of amides is 3. The Morgan fingerprint density at radius 2 is 0.790 bits per heavy atom. The highest BCUT2D eigenvalue weighted by Crippen LogP contribution is 2.28. The third-order valence-electron chi connectivity index (χ3n) is 21.9. The number of benzene rings is 5. The number of carbonyl (C=O) groups is 8. The van der Waals surface area contributed by atoms with Crippen molar-refractivity contribution in [2.45, 2.75) is 225 Å². The van der Waals surface area contributed by atoms with Gasteiger partial charge in [0, 0.05) is 56.1 Å². The first-order valence-corrected chi connectivity index (χ1v) is 42.5. The number of nitrogens with zero attached hydrogens (tertiary/aromatic N) is 4. The van der Waals surface area contributed by atoms with Crippen LogP contribution in [0.25, 0.3) is 0 Å². The van der Waals surface area contributed by atoms with E-state index < -0.39 is 68.6 Å². The first-order chi connectivity index (χ1) is 57.4. The van der Waals surface area contributed by atoms with Crippen molar-refractivity contribution in [2.24, 2.45) is 29.6 Å². The van der Waals surface area contributed by atoms with E-state index >= 15 is 0 Å². The molecule has 0 radical (unpaired) electrons. The van der Waals surface area contributed by atoms with Crippen LogP contribution in [-0.4, -0.2) is 154 Å². The Morgan fingerprint density at radius 3 is 1.29 bits per heavy atom. The molecule has 0 spiro atoms. The van der Waals surface area contributed by atoms with Gasteiger partial charge in [-0.3, -0.25) is 48.3 Å². The number of hydrogen-bond donors (Lipinski definition) is 10. The highest BCUT2D eigenvalue weighted by atomic mass is 16.5. The smallest absolute Gasteiger partial charge is 0.475 e. The van der Waals surface area contributed by atoms with Crippen LogP contribution < -0.4 is 25.4 Å². The van der Waals surface area contributed by atoms with E-state index in [4.69, 9.17) is 9.47 Å². The third-order valence-corrected chi connectivity index (χ3v) is 21.9. The van der Waals surface area contributed by atoms with Crippen molar-refractivity contribution in [3.63, 3.8) is 0 Å². The van der Waals surface area contributed by atoms with Crippen molar-refractivity contribution in [3.05, 3.63) is 237 Å². The molecule has 27 heteroatoms. The Balaban J connectivity index is 0.000000206. The minimum Gasteiger partial charge on any atom is -0.494 e. The molecule has 24 nitrogen and oxygen atoms in total. The van der Waals surface area contributed by atoms with Crippen LogP contribution in [0, 0.1) is 29.6 Å². The van der Waals surface area contributed by atoms with Crippen LogP contribution in [0.4, 0.5) is 0 Å². The average Bonchev–Trinajstić information content (AvgIpc) is 1.83. The van der Waals surface area contributed by atoms with E-state index in [1.165, 1.54) is 42.6 Å². The van der Waals surface area contributed by atoms with E-state index in [0.29, 0.717) is 68.9 Å². The van der Waals surface area contributed by atoms with Crippen molar-refractivity contribution in [3.8, 4) is 11.5 Å². The van der Waals surface area contributed by atoms with Gasteiger partial charge in [0.1, 0.15) is 28.6 Å². The van der Waals surface area contributed by atoms with Crippen molar-refractivity contribution in [1.29, 1.82) is 0 Å². The summed E-state index contributed by atoms with van der Waals surface area (Å²) in [6.07, 6.45) is 24.6. The lowest BCUT2D eigenvalue weighted by molar-refractivity contribution is -0.126. The number of nitrogens with one attached hydrogen (secondary N) is 4. The summed E-state index contributed by atoms with van der Waals surface area (Å²) in [5.74, 6) is -5.51. The monoisotopic (exact) mass is 1620 g/mol. The Bertz CT molecular complexity index is 4550. The number of aryl methyl sites for hydroxylation is 4. The second-order valence-electron chi connectivity index (χ2n) is 32.6. The SMILES string of the molecule is CC(C)C[C@H](NC(=O)[C@H]1CC(=O)c2ccc([nH]2)C(=O)CCCCCCCc2ccccc2C1)B(O)O.CC(C)C[C@H](NC(=O)[C@H]1CC(=O)c2cncc(n2)CCCCCCCCc2ccccc2C1)B(O)O.O=C1CCc2ccc(cc2)OCCCCOc2ccc(cc2)C[C@@H](C(=O)N[C@@H](Cc2ccccc2)B(O)O)CC(=O)c2cncc1n2. The molecule has 9 heterocycles. The number of ketones is 5. The number of rotatable bonds is 15. The summed E-state index contributed by atoms with van der Waals surface area (Å²) in [7, 11) is -5.18. The lowest BCUT2D eigenvalue weighted by Gasteiger charge is -2.24. The molecule has 630 valence electrons. The summed E-state index contributed by atoms with van der Waals surface area (Å²) < 4.78 is 11.7. The zero-order valence-electron chi connectivity index (χ0n) is 69.2. The zero-order valence-corrected chi connectivity index (χ0v) is 69.2. The summed E-state index contributed by atoms with van der Waals surface area (Å²) in [4.78, 5) is 126. The average molecular weight is 1620 g/mol. The number of aromatic nitrogens is 5. The maximum atomic E-state index is 13.7. The second kappa shape index (κ2) is 48.8. The number of ether oxygens (including phenoxy) is 2. The van der Waals surface area contributed by atoms with Crippen LogP contribution in [0.3, 0.4) is 0 Å². The number of hydrogen-bond acceptors (Lipinski definition) is 20. The molecular weight excluding hydrogens is 1510 g/mol. The standard InChI is InChI=1S/C36H38BN3O7.C28H40BN3O4.C28H39BN2O5/c41-33-17-12-25-8-13-29(14-9-25)46-18-4-5-19-47-30-15-10-27(11-16-30)20-28(22-34(42)32-24-38-23-31(33)39-32)36(43)40-35(37(44)45)21-26-6-2-1-3-7-26;1-20(2)15-27(29(35)36)32-28(34)23-16-22-13-10-9-12-21(22)11-7-5-3-4-6-8-14-24-18-30-19-25(31-24)26(33)17-23;1-19(2)16-27(29(35)36)31-28(34)22-17-21-12-9-8-11-20(21)10-6-4-3-5-7-13-25(32)23-14-15-24(30-23)26(33)18-22/h1-3,6-11,13-16,23-24,28,35,44-45H,4-5,12,17-22H2,(H,40,43);9-10,12-13,18-20,23,27,35-36H,3-8,11,14-17H2,1-2H3,(H,32,34);8-9,11-12,14-15,19,22,27,30,35-36H,3-7,10,13,16-18H2,1-2H3,(H,31,34)/t28-,35+;23-,27+;22-,27+/m111/s1. The van der Waals surface area contributed by atoms with Gasteiger partial charge in [-0.1, -0.05) is 176 Å². The zero-order chi connectivity index (χ0) is 85.0. The molecule has 0 unspecified atom stereocenters. The van der Waals surface area contributed by atoms with Crippen molar-refractivity contribution < 1.29 is 78.0 Å². The predicted octanol–water partition coefficient (Wildman–Crippen LogP) is 12.0. The van der Waals surface area contributed by atoms with E-state index in [1.807, 2.05) is 143 Å². The molecule has 8 aromatic rings. The van der Waals surface area contributed by atoms with Gasteiger partial charge in [-0.05, 0) is 190 Å². The molecule has 10 N–H and O–H groups in total. The highest BCUT2D eigenvalue weighted by molar-refractivity contribution is 6.44. The topological polar surface area (TPSA) is 380 Å². The van der Waals surface area contributed by atoms with Gasteiger partial charge < -0.3 is 60.6 Å². The lowest BCUT2D eigenvalue weighted by Crippen LogP contribution is -2.50. The number of fused-ring (bicyclic) bond motifs is 6. The van der Waals surface area contributed by atoms with Gasteiger partial charge in [0.25, 0.3) is 0 Å². The number of Topliss-reactive ketones (excluding diaryl/α,β-unsaturated/α-hetero) is 5. The predicted molar refractivity (Wildman–Crippen MR) is 458 cm³/mol. The molecule has 6 aliphatic heterocycles. The van der Waals surface area contributed by atoms with Crippen LogP contribution in [0.5, 0.6) is 11.5 Å². The summed E-state index contributed by atoms with van der Waals surface area (Å²) in [6, 6.07) is 43.5. The fourth-order valence-electron chi connectivity index (χ4n) is 15.2. The van der Waals surface area contributed by atoms with E-state index in [-0.39, 0.29) is 102 Å². The Hall–Kier alpha value is -10.1. The quantitative estimate of drug-likeness (QED) is 0.0426. The lowest BCUT2D eigenvalue weighted by atomic mass is 9.74. The maximum absolute atomic E-state index is 13.7. The van der Waals surface area contributed by atoms with Gasteiger partial charge in [0.15, 0.2) is 28.9 Å². The molecule has 6 atom stereocenters. The third kappa shape index (κ3) is 31.5. The van der Waals surface area contributed by atoms with E-state index in [0.717, 1.165) is 129 Å². The fraction of sp³-hybridized carbons (Fsp3) is 0.457. The van der Waals surface area contributed by atoms with Crippen LogP contribution in [-0.2, 0) is 65.8 Å². The summed E-state index contributed by atoms with van der Waals surface area (Å²) >= 11 is 0. The van der Waals surface area contributed by atoms with Gasteiger partial charge in [-0.15, -0.1) is 0 Å². The molecular formula is C92H117B3N8O16. The number of H-pyrrole nitrogens is 1. The first kappa shape index (κ1) is 92.7. The van der Waals surface area contributed by atoms with Crippen LogP contribution in [0.15, 0.2) is 164 Å². The summed E-state index contributed by atoms with van der Waals surface area (Å²) in [5, 5.41) is 67.9. The number of aromatic amines is 1. The highest BCUT2D eigenvalue weighted by Gasteiger charge is 2.35. The van der Waals surface area contributed by atoms with E-state index in [9.17, 15) is 68.5 Å². The van der Waals surface area contributed by atoms with Gasteiger partial charge in [-0.2, -0.15) is 0 Å². The van der Waals surface area contributed by atoms with Crippen LogP contribution in [0.1, 0.15) is 253 Å². The largest absolute Gasteiger partial charge is 0.494 e. The van der Waals surface area contributed by atoms with Crippen molar-refractivity contribution in [1.82, 2.24) is 40.9 Å². The summed E-state index contributed by atoms with van der Waals surface area (Å²) in [6.45, 7) is 8.88. The minimum atomic E-state index is -1.82. The Morgan fingerprint density at radius 1 is 0.387 bits per heavy atom. The van der Waals surface area contributed by atoms with Crippen LogP contribution >= 0.6 is 0 Å². The Kier molecular flexibility index (Phi) is 38.0. The second-order valence-corrected chi connectivity index (χ2v) is 32.6.